The SMILES string of the molecule is CC1(C)C=Cc2cc3oc4c(-c5ccc([Si](C)(C)C)cn5)[c-]ccc4c3c3c4ccccc4n1c23.CCC(CC)C(=O)/C=C(\O)C(CC)CC.[Ir]. The van der Waals surface area contributed by atoms with E-state index in [1.807, 2.05) is 40.0 Å². The Bertz CT molecular complexity index is 2260. The number of aliphatic hydroxyl groups is 1. The Morgan fingerprint density at radius 3 is 2.27 bits per heavy atom. The quantitative estimate of drug-likeness (QED) is 0.0680. The van der Waals surface area contributed by atoms with E-state index in [1.54, 1.807) is 0 Å². The van der Waals surface area contributed by atoms with Gasteiger partial charge in [0, 0.05) is 71.5 Å². The average molecular weight is 876 g/mol. The molecule has 1 aliphatic heterocycles. The molecule has 6 aromatic rings. The Balaban J connectivity index is 0.000000271. The van der Waals surface area contributed by atoms with Gasteiger partial charge in [-0.25, -0.2) is 0 Å². The first kappa shape index (κ1) is 38.5. The zero-order valence-corrected chi connectivity index (χ0v) is 34.9. The van der Waals surface area contributed by atoms with Gasteiger partial charge in [-0.2, -0.15) is 0 Å². The predicted octanol–water partition coefficient (Wildman–Crippen LogP) is 11.7. The fourth-order valence-electron chi connectivity index (χ4n) is 7.47. The third kappa shape index (κ3) is 7.05. The van der Waals surface area contributed by atoms with Crippen molar-refractivity contribution in [1.29, 1.82) is 0 Å². The number of carbonyl (C=O) groups is 1. The summed E-state index contributed by atoms with van der Waals surface area (Å²) in [6.07, 6.45) is 11.5. The molecule has 0 amide bonds. The van der Waals surface area contributed by atoms with Gasteiger partial charge in [-0.3, -0.25) is 4.79 Å². The van der Waals surface area contributed by atoms with Crippen molar-refractivity contribution < 1.29 is 34.4 Å². The van der Waals surface area contributed by atoms with Crippen LogP contribution in [0, 0.1) is 17.9 Å². The van der Waals surface area contributed by atoms with Crippen molar-refractivity contribution in [2.45, 2.75) is 92.4 Å². The summed E-state index contributed by atoms with van der Waals surface area (Å²) in [6, 6.07) is 22.9. The van der Waals surface area contributed by atoms with Crippen LogP contribution in [0.3, 0.4) is 0 Å². The molecule has 0 bridgehead atoms. The number of furan rings is 1. The number of pyridine rings is 1. The van der Waals surface area contributed by atoms with Gasteiger partial charge in [-0.05, 0) is 62.5 Å². The van der Waals surface area contributed by atoms with E-state index >= 15 is 0 Å². The summed E-state index contributed by atoms with van der Waals surface area (Å²) in [5.74, 6) is 0.547. The van der Waals surface area contributed by atoms with Crippen LogP contribution in [0.15, 0.2) is 83.1 Å². The molecule has 1 radical (unpaired) electrons. The smallest absolute Gasteiger partial charge is 0.162 e. The molecule has 0 spiro atoms. The number of ketones is 1. The number of hydrogen-bond acceptors (Lipinski definition) is 4. The van der Waals surface area contributed by atoms with Gasteiger partial charge in [0.1, 0.15) is 5.58 Å². The molecule has 5 nitrogen and oxygen atoms in total. The summed E-state index contributed by atoms with van der Waals surface area (Å²) >= 11 is 0. The molecule has 1 aliphatic rings. The molecule has 0 fully saturated rings. The number of allylic oxidation sites excluding steroid dienone is 3. The molecule has 7 heteroatoms. The fraction of sp³-hybridized carbons (Fsp3) is 0.364. The van der Waals surface area contributed by atoms with E-state index in [4.69, 9.17) is 9.40 Å². The van der Waals surface area contributed by atoms with Crippen LogP contribution in [0.4, 0.5) is 0 Å². The number of carbonyl (C=O) groups excluding carboxylic acids is 1. The van der Waals surface area contributed by atoms with Gasteiger partial charge in [-0.1, -0.05) is 101 Å². The minimum absolute atomic E-state index is 0. The number of hydrogen-bond donors (Lipinski definition) is 1. The summed E-state index contributed by atoms with van der Waals surface area (Å²) in [4.78, 5) is 16.6. The third-order valence-corrected chi connectivity index (χ3v) is 12.6. The summed E-state index contributed by atoms with van der Waals surface area (Å²) in [5, 5.41) is 15.9. The molecule has 7 rings (SSSR count). The van der Waals surface area contributed by atoms with Gasteiger partial charge in [0.25, 0.3) is 0 Å². The molecule has 269 valence electrons. The van der Waals surface area contributed by atoms with Crippen LogP contribution in [0.25, 0.3) is 61.1 Å². The molecule has 3 aromatic heterocycles. The minimum atomic E-state index is -1.41. The van der Waals surface area contributed by atoms with E-state index in [9.17, 15) is 9.90 Å². The summed E-state index contributed by atoms with van der Waals surface area (Å²) in [6.45, 7) is 19.7. The Morgan fingerprint density at radius 1 is 0.961 bits per heavy atom. The van der Waals surface area contributed by atoms with Crippen molar-refractivity contribution in [3.05, 3.63) is 90.3 Å². The molecular formula is C44H51IrN2O3Si-. The van der Waals surface area contributed by atoms with E-state index < -0.39 is 8.07 Å². The van der Waals surface area contributed by atoms with Crippen LogP contribution in [-0.2, 0) is 30.4 Å². The van der Waals surface area contributed by atoms with Crippen molar-refractivity contribution in [3.8, 4) is 11.3 Å². The van der Waals surface area contributed by atoms with Crippen molar-refractivity contribution in [3.63, 3.8) is 0 Å². The molecule has 51 heavy (non-hydrogen) atoms. The number of benzene rings is 3. The Kier molecular flexibility index (Phi) is 11.4. The summed E-state index contributed by atoms with van der Waals surface area (Å²) in [7, 11) is -1.41. The monoisotopic (exact) mass is 876 g/mol. The number of rotatable bonds is 9. The maximum Gasteiger partial charge on any atom is 0.162 e. The van der Waals surface area contributed by atoms with Crippen molar-refractivity contribution in [2.75, 3.05) is 0 Å². The Morgan fingerprint density at radius 2 is 1.65 bits per heavy atom. The van der Waals surface area contributed by atoms with Crippen molar-refractivity contribution in [1.82, 2.24) is 9.55 Å². The Hall–Kier alpha value is -3.77. The number of para-hydroxylation sites is 1. The number of nitrogens with zero attached hydrogens (tertiary/aromatic N) is 2. The second-order valence-corrected chi connectivity index (χ2v) is 20.4. The van der Waals surface area contributed by atoms with Crippen LogP contribution in [-0.4, -0.2) is 28.5 Å². The molecule has 0 saturated heterocycles. The molecule has 0 saturated carbocycles. The average Bonchev–Trinajstić information content (AvgIpc) is 3.64. The molecule has 1 N–H and O–H groups in total. The molecule has 0 atom stereocenters. The molecule has 0 unspecified atom stereocenters. The maximum atomic E-state index is 11.7. The van der Waals surface area contributed by atoms with E-state index in [0.29, 0.717) is 0 Å². The number of aromatic nitrogens is 2. The maximum absolute atomic E-state index is 11.7. The van der Waals surface area contributed by atoms with E-state index in [-0.39, 0.29) is 49.0 Å². The summed E-state index contributed by atoms with van der Waals surface area (Å²) < 4.78 is 9.10. The standard InChI is InChI=1S/C31H27N2OSi.C13H24O2.Ir/c1-31(2)16-15-19-17-26-27(28-22-9-6-7-12-25(22)33(31)29(19)28)23-11-8-10-21(30(23)34-26)24-14-13-20(18-32-24)35(3,4)5;1-5-10(6-2)12(14)9-13(15)11(7-3)8-4;/h6-9,11-18H,1-5H3;9-11,14H,5-8H2,1-4H3;/q-1;;/b;12-9-;. The first-order valence-corrected chi connectivity index (χ1v) is 21.8. The van der Waals surface area contributed by atoms with Crippen LogP contribution in [0.5, 0.6) is 0 Å². The zero-order valence-electron chi connectivity index (χ0n) is 31.5. The summed E-state index contributed by atoms with van der Waals surface area (Å²) in [5.41, 5.74) is 7.22. The van der Waals surface area contributed by atoms with Crippen molar-refractivity contribution >= 4 is 68.9 Å². The molecule has 0 aliphatic carbocycles. The van der Waals surface area contributed by atoms with Gasteiger partial charge in [0.15, 0.2) is 5.78 Å². The topological polar surface area (TPSA) is 68.3 Å². The van der Waals surface area contributed by atoms with E-state index in [1.165, 1.54) is 44.0 Å². The van der Waals surface area contributed by atoms with Gasteiger partial charge in [0.2, 0.25) is 0 Å². The second-order valence-electron chi connectivity index (χ2n) is 15.3. The van der Waals surface area contributed by atoms with Gasteiger partial charge in [-0.15, -0.1) is 18.2 Å². The number of aliphatic hydroxyl groups excluding tert-OH is 1. The van der Waals surface area contributed by atoms with Crippen LogP contribution >= 0.6 is 0 Å². The van der Waals surface area contributed by atoms with Crippen LogP contribution in [0.1, 0.15) is 72.8 Å². The van der Waals surface area contributed by atoms with Gasteiger partial charge < -0.3 is 19.1 Å². The fourth-order valence-corrected chi connectivity index (χ4v) is 8.50. The van der Waals surface area contributed by atoms with Crippen LogP contribution in [0.2, 0.25) is 19.6 Å². The van der Waals surface area contributed by atoms with Gasteiger partial charge in [0.05, 0.1) is 30.5 Å². The predicted molar refractivity (Wildman–Crippen MR) is 214 cm³/mol. The molecule has 4 heterocycles. The number of fused-ring (bicyclic) bond motifs is 7. The molecule has 3 aromatic carbocycles. The Labute approximate surface area is 317 Å². The first-order chi connectivity index (χ1) is 23.8. The second kappa shape index (κ2) is 15.1. The van der Waals surface area contributed by atoms with E-state index in [2.05, 4.69) is 105 Å². The van der Waals surface area contributed by atoms with Crippen molar-refractivity contribution in [2.24, 2.45) is 11.8 Å². The zero-order chi connectivity index (χ0) is 36.0. The first-order valence-electron chi connectivity index (χ1n) is 18.3. The molecular weight excluding hydrogens is 825 g/mol. The third-order valence-electron chi connectivity index (χ3n) is 10.6. The van der Waals surface area contributed by atoms with Gasteiger partial charge >= 0.3 is 0 Å². The normalized spacial score (nSPS) is 14.1. The van der Waals surface area contributed by atoms with Crippen LogP contribution < -0.4 is 5.19 Å². The largest absolute Gasteiger partial charge is 0.512 e. The van der Waals surface area contributed by atoms with E-state index in [0.717, 1.165) is 53.5 Å². The minimum Gasteiger partial charge on any atom is -0.512 e.